The summed E-state index contributed by atoms with van der Waals surface area (Å²) in [7, 11) is 2.17. The number of nitrogens with one attached hydrogen (secondary N) is 2. The van der Waals surface area contributed by atoms with Gasteiger partial charge in [0.15, 0.2) is 0 Å². The minimum Gasteiger partial charge on any atom is -0.352 e. The first-order valence-corrected chi connectivity index (χ1v) is 9.15. The van der Waals surface area contributed by atoms with Crippen molar-refractivity contribution in [1.29, 1.82) is 0 Å². The highest BCUT2D eigenvalue weighted by atomic mass is 32.1. The fourth-order valence-electron chi connectivity index (χ4n) is 3.17. The topological polar surface area (TPSA) is 61.0 Å². The molecule has 0 radical (unpaired) electrons. The second kappa shape index (κ2) is 7.75. The van der Waals surface area contributed by atoms with Crippen molar-refractivity contribution in [2.75, 3.05) is 13.6 Å². The molecular weight excluding hydrogens is 308 g/mol. The largest absolute Gasteiger partial charge is 0.352 e. The number of piperidine rings is 1. The van der Waals surface area contributed by atoms with Crippen LogP contribution in [0.4, 0.5) is 0 Å². The summed E-state index contributed by atoms with van der Waals surface area (Å²) in [5.41, 5.74) is 2.04. The van der Waals surface area contributed by atoms with Crippen molar-refractivity contribution in [3.05, 3.63) is 29.3 Å². The Morgan fingerprint density at radius 1 is 1.52 bits per heavy atom. The second-order valence-corrected chi connectivity index (χ2v) is 7.14. The molecule has 0 spiro atoms. The van der Waals surface area contributed by atoms with Gasteiger partial charge in [0.1, 0.15) is 0 Å². The number of carbonyl (C=O) groups is 1. The van der Waals surface area contributed by atoms with E-state index >= 15 is 0 Å². The van der Waals surface area contributed by atoms with Gasteiger partial charge in [0.05, 0.1) is 16.8 Å². The third-order valence-electron chi connectivity index (χ3n) is 4.59. The van der Waals surface area contributed by atoms with Gasteiger partial charge in [0.2, 0.25) is 5.91 Å². The zero-order valence-electron chi connectivity index (χ0n) is 13.5. The summed E-state index contributed by atoms with van der Waals surface area (Å²) in [5, 5.41) is 12.2. The molecule has 3 rings (SSSR count). The predicted octanol–water partition coefficient (Wildman–Crippen LogP) is 3.02. The van der Waals surface area contributed by atoms with Crippen LogP contribution in [0.2, 0.25) is 0 Å². The van der Waals surface area contributed by atoms with E-state index < -0.39 is 0 Å². The third-order valence-corrected chi connectivity index (χ3v) is 5.47. The molecule has 2 aromatic heterocycles. The molecule has 1 saturated heterocycles. The fourth-order valence-corrected chi connectivity index (χ4v) is 3.92. The van der Waals surface area contributed by atoms with E-state index in [1.165, 1.54) is 19.3 Å². The average Bonchev–Trinajstić information content (AvgIpc) is 3.22. The van der Waals surface area contributed by atoms with Gasteiger partial charge in [0.25, 0.3) is 0 Å². The van der Waals surface area contributed by atoms with Crippen molar-refractivity contribution in [3.8, 4) is 10.6 Å². The third kappa shape index (κ3) is 4.20. The Kier molecular flexibility index (Phi) is 5.46. The van der Waals surface area contributed by atoms with Crippen LogP contribution in [-0.4, -0.2) is 40.6 Å². The average molecular weight is 332 g/mol. The van der Waals surface area contributed by atoms with Crippen molar-refractivity contribution in [2.45, 2.75) is 44.7 Å². The van der Waals surface area contributed by atoms with E-state index in [1.807, 2.05) is 11.4 Å². The Hall–Kier alpha value is -1.66. The first-order valence-electron chi connectivity index (χ1n) is 8.27. The zero-order valence-corrected chi connectivity index (χ0v) is 14.4. The summed E-state index contributed by atoms with van der Waals surface area (Å²) < 4.78 is 0. The van der Waals surface area contributed by atoms with Gasteiger partial charge >= 0.3 is 0 Å². The van der Waals surface area contributed by atoms with Crippen LogP contribution in [0.1, 0.15) is 37.7 Å². The van der Waals surface area contributed by atoms with Gasteiger partial charge in [-0.15, -0.1) is 11.3 Å². The number of nitrogens with zero attached hydrogens (tertiary/aromatic N) is 2. The molecule has 0 saturated carbocycles. The van der Waals surface area contributed by atoms with Crippen molar-refractivity contribution in [2.24, 2.45) is 0 Å². The summed E-state index contributed by atoms with van der Waals surface area (Å²) in [6, 6.07) is 4.64. The molecule has 1 aliphatic rings. The van der Waals surface area contributed by atoms with Gasteiger partial charge in [-0.25, -0.2) is 0 Å². The van der Waals surface area contributed by atoms with Crippen LogP contribution in [0, 0.1) is 0 Å². The first-order chi connectivity index (χ1) is 11.2. The highest BCUT2D eigenvalue weighted by Crippen LogP contribution is 2.25. The molecule has 124 valence electrons. The molecular formula is C17H24N4OS. The van der Waals surface area contributed by atoms with Gasteiger partial charge in [-0.1, -0.05) is 12.5 Å². The lowest BCUT2D eigenvalue weighted by atomic mass is 9.98. The van der Waals surface area contributed by atoms with E-state index in [0.29, 0.717) is 19.0 Å². The Morgan fingerprint density at radius 3 is 3.22 bits per heavy atom. The second-order valence-electron chi connectivity index (χ2n) is 6.19. The summed E-state index contributed by atoms with van der Waals surface area (Å²) in [6.45, 7) is 1.69. The fraction of sp³-hybridized carbons (Fsp3) is 0.529. The van der Waals surface area contributed by atoms with Crippen molar-refractivity contribution in [3.63, 3.8) is 0 Å². The van der Waals surface area contributed by atoms with E-state index in [-0.39, 0.29) is 5.91 Å². The lowest BCUT2D eigenvalue weighted by Gasteiger charge is -2.32. The van der Waals surface area contributed by atoms with Crippen LogP contribution in [0.15, 0.2) is 23.7 Å². The Bertz CT molecular complexity index is 622. The van der Waals surface area contributed by atoms with Gasteiger partial charge < -0.3 is 10.2 Å². The van der Waals surface area contributed by atoms with Crippen LogP contribution in [-0.2, 0) is 11.3 Å². The summed E-state index contributed by atoms with van der Waals surface area (Å²) in [5.74, 6) is 0.127. The maximum atomic E-state index is 12.1. The number of likely N-dealkylation sites (tertiary alicyclic amines) is 1. The maximum Gasteiger partial charge on any atom is 0.220 e. The summed E-state index contributed by atoms with van der Waals surface area (Å²) in [6.07, 6.45) is 7.13. The molecule has 5 nitrogen and oxygen atoms in total. The molecule has 1 fully saturated rings. The van der Waals surface area contributed by atoms with Crippen LogP contribution < -0.4 is 5.32 Å². The maximum absolute atomic E-state index is 12.1. The number of aromatic amines is 1. The lowest BCUT2D eigenvalue weighted by molar-refractivity contribution is -0.121. The lowest BCUT2D eigenvalue weighted by Crippen LogP contribution is -2.37. The van der Waals surface area contributed by atoms with Gasteiger partial charge in [0, 0.05) is 24.6 Å². The van der Waals surface area contributed by atoms with Crippen molar-refractivity contribution in [1.82, 2.24) is 20.4 Å². The Morgan fingerprint density at radius 2 is 2.43 bits per heavy atom. The minimum atomic E-state index is 0.127. The van der Waals surface area contributed by atoms with Crippen LogP contribution in [0.3, 0.4) is 0 Å². The standard InChI is InChI=1S/C17H24N4OS/c1-21-9-3-2-5-14(21)7-8-16(22)18-11-13-12-19-20-17(13)15-6-4-10-23-15/h4,6,10,12,14H,2-3,5,7-9,11H2,1H3,(H,18,22)(H,19,20)/t14-/m0/s1. The number of hydrogen-bond acceptors (Lipinski definition) is 4. The highest BCUT2D eigenvalue weighted by Gasteiger charge is 2.19. The number of H-pyrrole nitrogens is 1. The molecule has 2 aromatic rings. The first kappa shape index (κ1) is 16.2. The van der Waals surface area contributed by atoms with Gasteiger partial charge in [-0.2, -0.15) is 5.10 Å². The van der Waals surface area contributed by atoms with Crippen molar-refractivity contribution < 1.29 is 4.79 Å². The van der Waals surface area contributed by atoms with Crippen molar-refractivity contribution >= 4 is 17.2 Å². The molecule has 0 aliphatic carbocycles. The predicted molar refractivity (Wildman–Crippen MR) is 93.3 cm³/mol. The Labute approximate surface area is 141 Å². The normalized spacial score (nSPS) is 18.9. The van der Waals surface area contributed by atoms with Gasteiger partial charge in [-0.05, 0) is 44.3 Å². The number of aromatic nitrogens is 2. The number of amides is 1. The minimum absolute atomic E-state index is 0.127. The van der Waals surface area contributed by atoms with Gasteiger partial charge in [-0.3, -0.25) is 9.89 Å². The van der Waals surface area contributed by atoms with E-state index in [1.54, 1.807) is 17.5 Å². The van der Waals surface area contributed by atoms with Crippen LogP contribution in [0.25, 0.3) is 10.6 Å². The highest BCUT2D eigenvalue weighted by molar-refractivity contribution is 7.13. The summed E-state index contributed by atoms with van der Waals surface area (Å²) >= 11 is 1.67. The Balaban J connectivity index is 1.47. The molecule has 1 amide bonds. The molecule has 3 heterocycles. The number of carbonyl (C=O) groups excluding carboxylic acids is 1. The smallest absolute Gasteiger partial charge is 0.220 e. The SMILES string of the molecule is CN1CCCC[C@H]1CCC(=O)NCc1cn[nH]c1-c1cccs1. The number of hydrogen-bond donors (Lipinski definition) is 2. The van der Waals surface area contributed by atoms with E-state index in [9.17, 15) is 4.79 Å². The number of thiophene rings is 1. The van der Waals surface area contributed by atoms with Crippen LogP contribution >= 0.6 is 11.3 Å². The van der Waals surface area contributed by atoms with E-state index in [0.717, 1.165) is 29.1 Å². The summed E-state index contributed by atoms with van der Waals surface area (Å²) in [4.78, 5) is 15.7. The van der Waals surface area contributed by atoms with Crippen LogP contribution in [0.5, 0.6) is 0 Å². The number of rotatable bonds is 6. The molecule has 2 N–H and O–H groups in total. The molecule has 1 aliphatic heterocycles. The van der Waals surface area contributed by atoms with E-state index in [4.69, 9.17) is 0 Å². The molecule has 0 unspecified atom stereocenters. The van der Waals surface area contributed by atoms with E-state index in [2.05, 4.69) is 33.5 Å². The molecule has 1 atom stereocenters. The monoisotopic (exact) mass is 332 g/mol. The zero-order chi connectivity index (χ0) is 16.1. The molecule has 6 heteroatoms. The molecule has 0 aromatic carbocycles. The quantitative estimate of drug-likeness (QED) is 0.855. The molecule has 23 heavy (non-hydrogen) atoms. The molecule has 0 bridgehead atoms.